The Bertz CT molecular complexity index is 617. The minimum absolute atomic E-state index is 0.0411. The fourth-order valence-corrected chi connectivity index (χ4v) is 2.83. The molecule has 1 aromatic carbocycles. The number of nitrogens with zero attached hydrogens (tertiary/aromatic N) is 2. The Morgan fingerprint density at radius 3 is 2.00 bits per heavy atom. The van der Waals surface area contributed by atoms with Crippen molar-refractivity contribution in [1.82, 2.24) is 20.4 Å². The highest BCUT2D eigenvalue weighted by Gasteiger charge is 2.20. The summed E-state index contributed by atoms with van der Waals surface area (Å²) < 4.78 is 31.2. The molecule has 0 aliphatic carbocycles. The van der Waals surface area contributed by atoms with Gasteiger partial charge >= 0.3 is 0 Å². The van der Waals surface area contributed by atoms with Crippen molar-refractivity contribution in [2.45, 2.75) is 6.54 Å². The highest BCUT2D eigenvalue weighted by molar-refractivity contribution is 5.78. The monoisotopic (exact) mass is 384 g/mol. The Balaban J connectivity index is 1.64. The van der Waals surface area contributed by atoms with Crippen LogP contribution in [0.2, 0.25) is 0 Å². The number of nitrogens with one attached hydrogen (secondary N) is 2. The Labute approximate surface area is 157 Å². The van der Waals surface area contributed by atoms with Crippen LogP contribution in [0, 0.1) is 11.6 Å². The second kappa shape index (κ2) is 10.9. The van der Waals surface area contributed by atoms with E-state index in [0.29, 0.717) is 51.4 Å². The predicted molar refractivity (Wildman–Crippen MR) is 96.0 cm³/mol. The Hall–Kier alpha value is -2.10. The smallest absolute Gasteiger partial charge is 0.234 e. The Morgan fingerprint density at radius 2 is 1.48 bits per heavy atom. The van der Waals surface area contributed by atoms with Crippen molar-refractivity contribution < 1.29 is 23.1 Å². The number of halogens is 2. The molecule has 0 aromatic heterocycles. The third kappa shape index (κ3) is 7.98. The van der Waals surface area contributed by atoms with E-state index in [4.69, 9.17) is 4.74 Å². The van der Waals surface area contributed by atoms with Crippen molar-refractivity contribution in [2.75, 3.05) is 59.5 Å². The molecule has 0 saturated carbocycles. The molecule has 0 bridgehead atoms. The van der Waals surface area contributed by atoms with Crippen molar-refractivity contribution >= 4 is 11.8 Å². The van der Waals surface area contributed by atoms with Crippen molar-refractivity contribution in [2.24, 2.45) is 0 Å². The topological polar surface area (TPSA) is 73.9 Å². The number of carbonyl (C=O) groups is 2. The molecule has 0 spiro atoms. The van der Waals surface area contributed by atoms with Gasteiger partial charge in [-0.15, -0.1) is 0 Å². The molecule has 2 rings (SSSR count). The molecule has 2 amide bonds. The summed E-state index contributed by atoms with van der Waals surface area (Å²) in [6, 6.07) is 3.18. The summed E-state index contributed by atoms with van der Waals surface area (Å²) in [5, 5.41) is 5.45. The molecule has 2 N–H and O–H groups in total. The Morgan fingerprint density at radius 1 is 0.963 bits per heavy atom. The van der Waals surface area contributed by atoms with Gasteiger partial charge in [0.25, 0.3) is 0 Å². The highest BCUT2D eigenvalue weighted by atomic mass is 19.1. The maximum absolute atomic E-state index is 13.1. The number of methoxy groups -OCH3 is 1. The van der Waals surface area contributed by atoms with Crippen LogP contribution < -0.4 is 10.6 Å². The summed E-state index contributed by atoms with van der Waals surface area (Å²) in [5.74, 6) is -1.57. The van der Waals surface area contributed by atoms with Gasteiger partial charge in [-0.25, -0.2) is 8.78 Å². The van der Waals surface area contributed by atoms with Gasteiger partial charge in [0.05, 0.1) is 19.7 Å². The zero-order valence-corrected chi connectivity index (χ0v) is 15.5. The first-order valence-corrected chi connectivity index (χ1v) is 8.88. The first-order valence-electron chi connectivity index (χ1n) is 8.88. The lowest BCUT2D eigenvalue weighted by Crippen LogP contribution is -2.51. The third-order valence-corrected chi connectivity index (χ3v) is 4.24. The molecule has 9 heteroatoms. The van der Waals surface area contributed by atoms with Crippen molar-refractivity contribution in [3.05, 3.63) is 35.4 Å². The third-order valence-electron chi connectivity index (χ3n) is 4.24. The fourth-order valence-electron chi connectivity index (χ4n) is 2.83. The summed E-state index contributed by atoms with van der Waals surface area (Å²) in [5.41, 5.74) is 0.380. The van der Waals surface area contributed by atoms with Crippen molar-refractivity contribution in [3.63, 3.8) is 0 Å². The van der Waals surface area contributed by atoms with Gasteiger partial charge in [-0.05, 0) is 17.7 Å². The van der Waals surface area contributed by atoms with E-state index in [0.717, 1.165) is 6.07 Å². The van der Waals surface area contributed by atoms with Gasteiger partial charge in [-0.3, -0.25) is 19.4 Å². The van der Waals surface area contributed by atoms with Crippen molar-refractivity contribution in [1.29, 1.82) is 0 Å². The molecule has 150 valence electrons. The average Bonchev–Trinajstić information content (AvgIpc) is 2.61. The average molecular weight is 384 g/mol. The molecule has 1 saturated heterocycles. The molecule has 0 atom stereocenters. The molecule has 1 fully saturated rings. The van der Waals surface area contributed by atoms with E-state index in [1.807, 2.05) is 9.80 Å². The SMILES string of the molecule is COCCNC(=O)CN1CCN(CC(=O)NCc2cc(F)cc(F)c2)CC1. The number of hydrogen-bond donors (Lipinski definition) is 2. The summed E-state index contributed by atoms with van der Waals surface area (Å²) in [4.78, 5) is 27.8. The van der Waals surface area contributed by atoms with E-state index in [1.165, 1.54) is 12.1 Å². The van der Waals surface area contributed by atoms with Gasteiger partial charge in [0.1, 0.15) is 11.6 Å². The molecule has 1 aliphatic heterocycles. The Kier molecular flexibility index (Phi) is 8.56. The van der Waals surface area contributed by atoms with Crippen LogP contribution in [0.25, 0.3) is 0 Å². The van der Waals surface area contributed by atoms with E-state index >= 15 is 0 Å². The van der Waals surface area contributed by atoms with Crippen LogP contribution in [0.15, 0.2) is 18.2 Å². The number of amides is 2. The van der Waals surface area contributed by atoms with Gasteiger partial charge in [0, 0.05) is 52.4 Å². The van der Waals surface area contributed by atoms with Crippen LogP contribution in [-0.4, -0.2) is 81.1 Å². The molecule has 0 radical (unpaired) electrons. The summed E-state index contributed by atoms with van der Waals surface area (Å²) >= 11 is 0. The van der Waals surface area contributed by atoms with Crippen LogP contribution >= 0.6 is 0 Å². The minimum atomic E-state index is -0.665. The number of piperazine rings is 1. The van der Waals surface area contributed by atoms with E-state index in [1.54, 1.807) is 7.11 Å². The molecule has 27 heavy (non-hydrogen) atoms. The quantitative estimate of drug-likeness (QED) is 0.585. The first kappa shape index (κ1) is 21.2. The molecule has 1 heterocycles. The lowest BCUT2D eigenvalue weighted by Gasteiger charge is -2.33. The van der Waals surface area contributed by atoms with Crippen LogP contribution in [0.4, 0.5) is 8.78 Å². The second-order valence-electron chi connectivity index (χ2n) is 6.45. The largest absolute Gasteiger partial charge is 0.383 e. The van der Waals surface area contributed by atoms with Crippen LogP contribution in [0.1, 0.15) is 5.56 Å². The van der Waals surface area contributed by atoms with E-state index < -0.39 is 11.6 Å². The van der Waals surface area contributed by atoms with Gasteiger partial charge in [0.15, 0.2) is 0 Å². The number of hydrogen-bond acceptors (Lipinski definition) is 5. The normalized spacial score (nSPS) is 15.5. The molecule has 0 unspecified atom stereocenters. The first-order chi connectivity index (χ1) is 13.0. The van der Waals surface area contributed by atoms with Crippen molar-refractivity contribution in [3.8, 4) is 0 Å². The maximum Gasteiger partial charge on any atom is 0.234 e. The fraction of sp³-hybridized carbons (Fsp3) is 0.556. The lowest BCUT2D eigenvalue weighted by atomic mass is 10.2. The highest BCUT2D eigenvalue weighted by Crippen LogP contribution is 2.07. The summed E-state index contributed by atoms with van der Waals surface area (Å²) in [6.07, 6.45) is 0. The van der Waals surface area contributed by atoms with Crippen LogP contribution in [-0.2, 0) is 20.9 Å². The summed E-state index contributed by atoms with van der Waals surface area (Å²) in [7, 11) is 1.58. The maximum atomic E-state index is 13.1. The van der Waals surface area contributed by atoms with Crippen LogP contribution in [0.5, 0.6) is 0 Å². The summed E-state index contributed by atoms with van der Waals surface area (Å²) in [6.45, 7) is 4.33. The minimum Gasteiger partial charge on any atom is -0.383 e. The van der Waals surface area contributed by atoms with Gasteiger partial charge in [-0.1, -0.05) is 0 Å². The van der Waals surface area contributed by atoms with Gasteiger partial charge in [0.2, 0.25) is 11.8 Å². The van der Waals surface area contributed by atoms with E-state index in [-0.39, 0.29) is 24.9 Å². The standard InChI is InChI=1S/C18H26F2N4O3/c1-27-7-2-21-17(25)12-23-3-5-24(6-4-23)13-18(26)22-11-14-8-15(19)10-16(20)9-14/h8-10H,2-7,11-13H2,1H3,(H,21,25)(H,22,26). The number of carbonyl (C=O) groups excluding carboxylic acids is 2. The number of rotatable bonds is 9. The van der Waals surface area contributed by atoms with E-state index in [9.17, 15) is 18.4 Å². The van der Waals surface area contributed by atoms with E-state index in [2.05, 4.69) is 10.6 Å². The second-order valence-corrected chi connectivity index (χ2v) is 6.45. The number of benzene rings is 1. The van der Waals surface area contributed by atoms with Crippen LogP contribution in [0.3, 0.4) is 0 Å². The predicted octanol–water partition coefficient (Wildman–Crippen LogP) is -0.0388. The molecule has 1 aliphatic rings. The van der Waals surface area contributed by atoms with Gasteiger partial charge in [-0.2, -0.15) is 0 Å². The number of ether oxygens (including phenoxy) is 1. The zero-order chi connectivity index (χ0) is 19.6. The van der Waals surface area contributed by atoms with Gasteiger partial charge < -0.3 is 15.4 Å². The molecule has 7 nitrogen and oxygen atoms in total. The molecular formula is C18H26F2N4O3. The zero-order valence-electron chi connectivity index (χ0n) is 15.5. The molecule has 1 aromatic rings. The molecular weight excluding hydrogens is 358 g/mol. The lowest BCUT2D eigenvalue weighted by molar-refractivity contribution is -0.125.